The van der Waals surface area contributed by atoms with Crippen LogP contribution in [0.3, 0.4) is 0 Å². The molecule has 3 rings (SSSR count). The third kappa shape index (κ3) is 4.40. The molecule has 0 fully saturated rings. The molecule has 0 unspecified atom stereocenters. The monoisotopic (exact) mass is 374 g/mol. The number of aromatic nitrogens is 3. The summed E-state index contributed by atoms with van der Waals surface area (Å²) in [7, 11) is 0. The van der Waals surface area contributed by atoms with Crippen LogP contribution in [0.15, 0.2) is 53.7 Å². The minimum absolute atomic E-state index is 0.0780. The molecule has 0 radical (unpaired) electrons. The molecule has 0 aliphatic heterocycles. The zero-order chi connectivity index (χ0) is 18.5. The maximum absolute atomic E-state index is 13.3. The van der Waals surface area contributed by atoms with Crippen LogP contribution in [0.5, 0.6) is 0 Å². The van der Waals surface area contributed by atoms with E-state index in [2.05, 4.69) is 10.2 Å². The van der Waals surface area contributed by atoms with Gasteiger partial charge in [0, 0.05) is 11.7 Å². The molecule has 1 aromatic heterocycles. The Morgan fingerprint density at radius 3 is 1.96 bits per heavy atom. The Hall–Kier alpha value is -2.41. The summed E-state index contributed by atoms with van der Waals surface area (Å²) in [4.78, 5) is 0. The van der Waals surface area contributed by atoms with Gasteiger partial charge in [-0.15, -0.1) is 10.2 Å². The van der Waals surface area contributed by atoms with Gasteiger partial charge in [0.1, 0.15) is 17.5 Å². The Morgan fingerprint density at radius 1 is 0.962 bits per heavy atom. The van der Waals surface area contributed by atoms with Crippen LogP contribution in [-0.4, -0.2) is 20.6 Å². The van der Waals surface area contributed by atoms with Crippen molar-refractivity contribution in [2.24, 2.45) is 0 Å². The number of hydrogen-bond donors (Lipinski definition) is 1. The number of rotatable bonds is 7. The minimum atomic E-state index is -0.264. The van der Waals surface area contributed by atoms with Crippen LogP contribution < -0.4 is 5.84 Å². The van der Waals surface area contributed by atoms with Gasteiger partial charge in [-0.25, -0.2) is 13.5 Å². The van der Waals surface area contributed by atoms with Crippen molar-refractivity contribution < 1.29 is 8.78 Å². The normalized spacial score (nSPS) is 11.2. The number of benzene rings is 2. The molecule has 0 aliphatic rings. The van der Waals surface area contributed by atoms with Gasteiger partial charge in [0.05, 0.1) is 0 Å². The van der Waals surface area contributed by atoms with Gasteiger partial charge < -0.3 is 5.84 Å². The lowest BCUT2D eigenvalue weighted by Gasteiger charge is -2.18. The van der Waals surface area contributed by atoms with E-state index in [-0.39, 0.29) is 17.6 Å². The summed E-state index contributed by atoms with van der Waals surface area (Å²) in [5, 5.41) is 8.66. The third-order valence-electron chi connectivity index (χ3n) is 4.25. The van der Waals surface area contributed by atoms with Crippen LogP contribution in [0.2, 0.25) is 0 Å². The summed E-state index contributed by atoms with van der Waals surface area (Å²) >= 11 is 1.55. The van der Waals surface area contributed by atoms with Crippen LogP contribution in [-0.2, 0) is 0 Å². The van der Waals surface area contributed by atoms with Crippen LogP contribution >= 0.6 is 11.8 Å². The van der Waals surface area contributed by atoms with Crippen LogP contribution in [0, 0.1) is 18.6 Å². The fourth-order valence-electron chi connectivity index (χ4n) is 2.82. The topological polar surface area (TPSA) is 56.7 Å². The number of aryl methyl sites for hydroxylation is 1. The quantitative estimate of drug-likeness (QED) is 0.381. The number of thioether (sulfide) groups is 1. The SMILES string of the molecule is Cc1nnc(SCCCC(c2ccc(F)cc2)c2ccc(F)cc2)n1N. The first-order chi connectivity index (χ1) is 12.5. The van der Waals surface area contributed by atoms with Gasteiger partial charge >= 0.3 is 0 Å². The summed E-state index contributed by atoms with van der Waals surface area (Å²) in [5.41, 5.74) is 2.03. The van der Waals surface area contributed by atoms with E-state index in [1.54, 1.807) is 43.0 Å². The van der Waals surface area contributed by atoms with Crippen LogP contribution in [0.1, 0.15) is 35.7 Å². The lowest BCUT2D eigenvalue weighted by Crippen LogP contribution is -2.11. The Bertz CT molecular complexity index is 801. The van der Waals surface area contributed by atoms with Gasteiger partial charge in [0.2, 0.25) is 5.16 Å². The fraction of sp³-hybridized carbons (Fsp3) is 0.263. The molecule has 0 bridgehead atoms. The lowest BCUT2D eigenvalue weighted by atomic mass is 9.88. The van der Waals surface area contributed by atoms with Crippen molar-refractivity contribution in [1.82, 2.24) is 14.9 Å². The average Bonchev–Trinajstić information content (AvgIpc) is 2.96. The van der Waals surface area contributed by atoms with Crippen molar-refractivity contribution in [2.75, 3.05) is 11.6 Å². The second-order valence-electron chi connectivity index (χ2n) is 6.05. The van der Waals surface area contributed by atoms with Gasteiger partial charge in [-0.1, -0.05) is 36.0 Å². The molecule has 2 aromatic carbocycles. The van der Waals surface area contributed by atoms with E-state index in [9.17, 15) is 8.78 Å². The fourth-order valence-corrected chi connectivity index (χ4v) is 3.68. The van der Waals surface area contributed by atoms with E-state index in [1.165, 1.54) is 28.9 Å². The van der Waals surface area contributed by atoms with E-state index in [0.717, 1.165) is 29.7 Å². The van der Waals surface area contributed by atoms with Crippen LogP contribution in [0.4, 0.5) is 8.78 Å². The predicted octanol–water partition coefficient (Wildman–Crippen LogP) is 4.28. The van der Waals surface area contributed by atoms with Gasteiger partial charge in [0.15, 0.2) is 0 Å². The van der Waals surface area contributed by atoms with E-state index in [4.69, 9.17) is 5.84 Å². The Morgan fingerprint density at radius 2 is 1.50 bits per heavy atom. The van der Waals surface area contributed by atoms with Crippen molar-refractivity contribution in [3.05, 3.63) is 77.1 Å². The molecule has 26 heavy (non-hydrogen) atoms. The molecule has 0 spiro atoms. The summed E-state index contributed by atoms with van der Waals surface area (Å²) in [6.07, 6.45) is 1.75. The number of nitrogens with two attached hydrogens (primary N) is 1. The summed E-state index contributed by atoms with van der Waals surface area (Å²) < 4.78 is 28.0. The highest BCUT2D eigenvalue weighted by Crippen LogP contribution is 2.30. The average molecular weight is 374 g/mol. The number of nitrogen functional groups attached to an aromatic ring is 1. The van der Waals surface area contributed by atoms with Crippen molar-refractivity contribution in [3.63, 3.8) is 0 Å². The Kier molecular flexibility index (Phi) is 5.88. The molecule has 0 aliphatic carbocycles. The first kappa shape index (κ1) is 18.4. The highest BCUT2D eigenvalue weighted by atomic mass is 32.2. The predicted molar refractivity (Wildman–Crippen MR) is 99.5 cm³/mol. The second-order valence-corrected chi connectivity index (χ2v) is 7.11. The first-order valence-corrected chi connectivity index (χ1v) is 9.34. The zero-order valence-corrected chi connectivity index (χ0v) is 15.2. The third-order valence-corrected chi connectivity index (χ3v) is 5.28. The maximum Gasteiger partial charge on any atom is 0.209 e. The van der Waals surface area contributed by atoms with Crippen molar-refractivity contribution >= 4 is 11.8 Å². The molecule has 2 N–H and O–H groups in total. The Labute approximate surface area is 155 Å². The number of halogens is 2. The second kappa shape index (κ2) is 8.31. The first-order valence-electron chi connectivity index (χ1n) is 8.35. The summed E-state index contributed by atoms with van der Waals surface area (Å²) in [5.74, 6) is 6.90. The highest BCUT2D eigenvalue weighted by molar-refractivity contribution is 7.99. The molecule has 0 atom stereocenters. The molecule has 0 saturated heterocycles. The molecule has 4 nitrogen and oxygen atoms in total. The Balaban J connectivity index is 1.68. The lowest BCUT2D eigenvalue weighted by molar-refractivity contribution is 0.621. The van der Waals surface area contributed by atoms with E-state index in [1.807, 2.05) is 0 Å². The highest BCUT2D eigenvalue weighted by Gasteiger charge is 2.15. The van der Waals surface area contributed by atoms with Crippen molar-refractivity contribution in [1.29, 1.82) is 0 Å². The molecular weight excluding hydrogens is 354 g/mol. The molecule has 7 heteroatoms. The smallest absolute Gasteiger partial charge is 0.209 e. The standard InChI is InChI=1S/C19H20F2N4S/c1-13-23-24-19(25(13)22)26-12-2-3-18(14-4-8-16(20)9-5-14)15-6-10-17(21)11-7-15/h4-11,18H,2-3,12,22H2,1H3. The summed E-state index contributed by atoms with van der Waals surface area (Å²) in [6, 6.07) is 13.0. The molecule has 1 heterocycles. The van der Waals surface area contributed by atoms with E-state index in [0.29, 0.717) is 11.0 Å². The van der Waals surface area contributed by atoms with Gasteiger partial charge in [-0.3, -0.25) is 0 Å². The molecule has 3 aromatic rings. The van der Waals surface area contributed by atoms with Crippen LogP contribution in [0.25, 0.3) is 0 Å². The minimum Gasteiger partial charge on any atom is -0.336 e. The maximum atomic E-state index is 13.3. The van der Waals surface area contributed by atoms with Gasteiger partial charge in [-0.05, 0) is 55.2 Å². The number of hydrogen-bond acceptors (Lipinski definition) is 4. The molecule has 136 valence electrons. The largest absolute Gasteiger partial charge is 0.336 e. The van der Waals surface area contributed by atoms with Crippen molar-refractivity contribution in [3.8, 4) is 0 Å². The zero-order valence-electron chi connectivity index (χ0n) is 14.4. The molecule has 0 amide bonds. The van der Waals surface area contributed by atoms with E-state index < -0.39 is 0 Å². The summed E-state index contributed by atoms with van der Waals surface area (Å²) in [6.45, 7) is 1.80. The van der Waals surface area contributed by atoms with Gasteiger partial charge in [0.25, 0.3) is 0 Å². The molecule has 0 saturated carbocycles. The van der Waals surface area contributed by atoms with Gasteiger partial charge in [-0.2, -0.15) is 0 Å². The number of nitrogens with zero attached hydrogens (tertiary/aromatic N) is 3. The van der Waals surface area contributed by atoms with Crippen molar-refractivity contribution in [2.45, 2.75) is 30.8 Å². The van der Waals surface area contributed by atoms with E-state index >= 15 is 0 Å². The molecular formula is C19H20F2N4S.